The average molecular weight is 433 g/mol. The van der Waals surface area contributed by atoms with Gasteiger partial charge in [0.25, 0.3) is 0 Å². The molecule has 4 atom stereocenters. The van der Waals surface area contributed by atoms with Gasteiger partial charge in [-0.3, -0.25) is 9.69 Å². The van der Waals surface area contributed by atoms with E-state index in [1.165, 1.54) is 11.1 Å². The molecular weight excluding hydrogens is 392 g/mol. The lowest BCUT2D eigenvalue weighted by Crippen LogP contribution is -2.48. The Morgan fingerprint density at radius 2 is 1.81 bits per heavy atom. The van der Waals surface area contributed by atoms with Crippen molar-refractivity contribution in [2.75, 3.05) is 33.9 Å². The molecule has 1 fully saturated rings. The number of methoxy groups -OCH3 is 2. The Hall–Kier alpha value is -1.79. The minimum absolute atomic E-state index is 0.0773. The van der Waals surface area contributed by atoms with E-state index >= 15 is 0 Å². The van der Waals surface area contributed by atoms with Crippen LogP contribution in [0.25, 0.3) is 0 Å². The fourth-order valence-corrected chi connectivity index (χ4v) is 5.14. The summed E-state index contributed by atoms with van der Waals surface area (Å²) >= 11 is 0. The van der Waals surface area contributed by atoms with Gasteiger partial charge in [0.05, 0.1) is 20.8 Å². The minimum atomic E-state index is -0.559. The van der Waals surface area contributed by atoms with Gasteiger partial charge >= 0.3 is 5.97 Å². The number of hydrogen-bond acceptors (Lipinski definition) is 6. The lowest BCUT2D eigenvalue weighted by atomic mass is 9.74. The Labute approximate surface area is 187 Å². The van der Waals surface area contributed by atoms with E-state index in [2.05, 4.69) is 30.9 Å². The highest BCUT2D eigenvalue weighted by molar-refractivity contribution is 5.75. The number of ether oxygens (including phenoxy) is 3. The summed E-state index contributed by atoms with van der Waals surface area (Å²) in [4.78, 5) is 15.0. The first kappa shape index (κ1) is 23.9. The van der Waals surface area contributed by atoms with Gasteiger partial charge in [0.15, 0.2) is 11.5 Å². The molecule has 0 bridgehead atoms. The zero-order valence-corrected chi connectivity index (χ0v) is 20.0. The molecule has 2 N–H and O–H groups in total. The van der Waals surface area contributed by atoms with Crippen molar-refractivity contribution in [2.24, 2.45) is 29.4 Å². The molecule has 6 nitrogen and oxygen atoms in total. The van der Waals surface area contributed by atoms with Crippen LogP contribution in [-0.2, 0) is 16.0 Å². The molecule has 3 rings (SSSR count). The lowest BCUT2D eigenvalue weighted by Gasteiger charge is -2.47. The van der Waals surface area contributed by atoms with Gasteiger partial charge in [-0.1, -0.05) is 27.7 Å². The summed E-state index contributed by atoms with van der Waals surface area (Å²) in [5, 5.41) is 0. The molecule has 174 valence electrons. The van der Waals surface area contributed by atoms with E-state index in [1.54, 1.807) is 14.2 Å². The van der Waals surface area contributed by atoms with Crippen LogP contribution in [0.15, 0.2) is 12.1 Å². The lowest BCUT2D eigenvalue weighted by molar-refractivity contribution is -0.149. The summed E-state index contributed by atoms with van der Waals surface area (Å²) in [6.07, 6.45) is 3.13. The molecular formula is C25H40N2O4. The number of hydrogen-bond donors (Lipinski definition) is 1. The molecule has 3 unspecified atom stereocenters. The maximum absolute atomic E-state index is 12.4. The Kier molecular flexibility index (Phi) is 7.87. The highest BCUT2D eigenvalue weighted by atomic mass is 16.5. The van der Waals surface area contributed by atoms with Crippen molar-refractivity contribution in [1.82, 2.24) is 4.90 Å². The molecule has 1 saturated heterocycles. The van der Waals surface area contributed by atoms with E-state index in [-0.39, 0.29) is 11.9 Å². The first-order valence-corrected chi connectivity index (χ1v) is 11.7. The van der Waals surface area contributed by atoms with Crippen LogP contribution in [0.1, 0.15) is 57.7 Å². The average Bonchev–Trinajstić information content (AvgIpc) is 2.75. The zero-order chi connectivity index (χ0) is 22.7. The van der Waals surface area contributed by atoms with Crippen molar-refractivity contribution >= 4 is 5.97 Å². The number of rotatable bonds is 8. The second-order valence-corrected chi connectivity index (χ2v) is 9.95. The van der Waals surface area contributed by atoms with E-state index < -0.39 is 6.04 Å². The van der Waals surface area contributed by atoms with Crippen LogP contribution in [0.4, 0.5) is 0 Å². The Morgan fingerprint density at radius 1 is 1.13 bits per heavy atom. The minimum Gasteiger partial charge on any atom is -0.493 e. The number of fused-ring (bicyclic) bond motifs is 3. The molecule has 0 saturated carbocycles. The summed E-state index contributed by atoms with van der Waals surface area (Å²) in [5.41, 5.74) is 8.66. The van der Waals surface area contributed by atoms with Crippen molar-refractivity contribution in [2.45, 2.75) is 59.0 Å². The van der Waals surface area contributed by atoms with Gasteiger partial charge in [-0.2, -0.15) is 0 Å². The van der Waals surface area contributed by atoms with Gasteiger partial charge in [-0.15, -0.1) is 0 Å². The number of carbonyl (C=O) groups is 1. The van der Waals surface area contributed by atoms with Crippen LogP contribution in [0, 0.1) is 23.7 Å². The first-order valence-electron chi connectivity index (χ1n) is 11.7. The number of carbonyl (C=O) groups excluding carboxylic acids is 1. The van der Waals surface area contributed by atoms with E-state index in [0.29, 0.717) is 30.4 Å². The molecule has 2 aliphatic rings. The number of nitrogens with zero attached hydrogens (tertiary/aromatic N) is 1. The smallest absolute Gasteiger partial charge is 0.323 e. The number of piperidine rings is 1. The normalized spacial score (nSPS) is 24.5. The van der Waals surface area contributed by atoms with Crippen LogP contribution >= 0.6 is 0 Å². The number of esters is 1. The van der Waals surface area contributed by atoms with Gasteiger partial charge < -0.3 is 19.9 Å². The van der Waals surface area contributed by atoms with Crippen LogP contribution in [0.2, 0.25) is 0 Å². The summed E-state index contributed by atoms with van der Waals surface area (Å²) < 4.78 is 16.8. The number of nitrogens with two attached hydrogens (primary N) is 1. The molecule has 2 heterocycles. The largest absolute Gasteiger partial charge is 0.493 e. The molecule has 31 heavy (non-hydrogen) atoms. The topological polar surface area (TPSA) is 74.0 Å². The van der Waals surface area contributed by atoms with Crippen LogP contribution in [0.3, 0.4) is 0 Å². The maximum atomic E-state index is 12.4. The fraction of sp³-hybridized carbons (Fsp3) is 0.720. The standard InChI is InChI=1S/C25H40N2O4/c1-15(2)9-18-13-27-8-7-17-11-22(29-5)23(30-6)12-20(17)21(27)10-19(18)14-31-25(28)24(26)16(3)4/h11-12,15-16,18-19,21,24H,7-10,13-14,26H2,1-6H3/t18?,19?,21?,24-/m1/s1. The number of benzene rings is 1. The second kappa shape index (κ2) is 10.2. The predicted octanol–water partition coefficient (Wildman–Crippen LogP) is 3.81. The van der Waals surface area contributed by atoms with Crippen LogP contribution in [0.5, 0.6) is 11.5 Å². The molecule has 1 aromatic carbocycles. The molecule has 2 aliphatic heterocycles. The summed E-state index contributed by atoms with van der Waals surface area (Å²) in [7, 11) is 3.37. The van der Waals surface area contributed by atoms with Gasteiger partial charge in [-0.05, 0) is 66.2 Å². The van der Waals surface area contributed by atoms with Crippen molar-refractivity contribution in [1.29, 1.82) is 0 Å². The third-order valence-electron chi connectivity index (χ3n) is 6.98. The first-order chi connectivity index (χ1) is 14.7. The molecule has 0 amide bonds. The van der Waals surface area contributed by atoms with E-state index in [9.17, 15) is 4.79 Å². The monoisotopic (exact) mass is 432 g/mol. The fourth-order valence-electron chi connectivity index (χ4n) is 5.14. The Balaban J connectivity index is 1.82. The van der Waals surface area contributed by atoms with Crippen LogP contribution in [-0.4, -0.2) is 50.8 Å². The highest BCUT2D eigenvalue weighted by Crippen LogP contribution is 2.45. The molecule has 0 radical (unpaired) electrons. The third kappa shape index (κ3) is 5.35. The van der Waals surface area contributed by atoms with Gasteiger partial charge in [0, 0.05) is 19.1 Å². The maximum Gasteiger partial charge on any atom is 0.323 e. The molecule has 0 aromatic heterocycles. The van der Waals surface area contributed by atoms with Gasteiger partial charge in [-0.25, -0.2) is 0 Å². The molecule has 0 spiro atoms. The summed E-state index contributed by atoms with van der Waals surface area (Å²) in [5.74, 6) is 2.81. The van der Waals surface area contributed by atoms with E-state index in [4.69, 9.17) is 19.9 Å². The molecule has 6 heteroatoms. The molecule has 1 aromatic rings. The van der Waals surface area contributed by atoms with Crippen molar-refractivity contribution in [3.05, 3.63) is 23.3 Å². The predicted molar refractivity (Wildman–Crippen MR) is 122 cm³/mol. The van der Waals surface area contributed by atoms with Crippen molar-refractivity contribution < 1.29 is 19.0 Å². The van der Waals surface area contributed by atoms with Gasteiger partial charge in [0.2, 0.25) is 0 Å². The van der Waals surface area contributed by atoms with E-state index in [0.717, 1.165) is 43.9 Å². The van der Waals surface area contributed by atoms with Gasteiger partial charge in [0.1, 0.15) is 6.04 Å². The van der Waals surface area contributed by atoms with Crippen LogP contribution < -0.4 is 15.2 Å². The third-order valence-corrected chi connectivity index (χ3v) is 6.98. The highest BCUT2D eigenvalue weighted by Gasteiger charge is 2.40. The summed E-state index contributed by atoms with van der Waals surface area (Å²) in [6.45, 7) is 11.0. The second-order valence-electron chi connectivity index (χ2n) is 9.95. The quantitative estimate of drug-likeness (QED) is 0.630. The Bertz CT molecular complexity index is 764. The summed E-state index contributed by atoms with van der Waals surface area (Å²) in [6, 6.07) is 4.03. The zero-order valence-electron chi connectivity index (χ0n) is 20.0. The molecule has 0 aliphatic carbocycles. The SMILES string of the molecule is COc1cc2c(cc1OC)C1CC(COC(=O)[C@H](N)C(C)C)C(CC(C)C)CN1CC2. The van der Waals surface area contributed by atoms with Crippen molar-refractivity contribution in [3.8, 4) is 11.5 Å². The Morgan fingerprint density at radius 3 is 2.42 bits per heavy atom. The van der Waals surface area contributed by atoms with Crippen molar-refractivity contribution in [3.63, 3.8) is 0 Å². The van der Waals surface area contributed by atoms with E-state index in [1.807, 2.05) is 13.8 Å².